The molecular weight excluding hydrogens is 480 g/mol. The highest BCUT2D eigenvalue weighted by Crippen LogP contribution is 2.32. The van der Waals surface area contributed by atoms with Crippen LogP contribution >= 0.6 is 23.4 Å². The molecule has 2 aromatic rings. The summed E-state index contributed by atoms with van der Waals surface area (Å²) in [6, 6.07) is 11.3. The summed E-state index contributed by atoms with van der Waals surface area (Å²) in [5.41, 5.74) is 1.07. The summed E-state index contributed by atoms with van der Waals surface area (Å²) < 4.78 is 10.4. The van der Waals surface area contributed by atoms with E-state index in [2.05, 4.69) is 11.9 Å². The normalized spacial score (nSPS) is 14.3. The number of carbonyl (C=O) groups is 4. The van der Waals surface area contributed by atoms with E-state index in [9.17, 15) is 19.2 Å². The monoisotopic (exact) mass is 500 g/mol. The molecule has 1 saturated heterocycles. The van der Waals surface area contributed by atoms with Crippen LogP contribution < -0.4 is 10.1 Å². The minimum absolute atomic E-state index is 0.0938. The quantitative estimate of drug-likeness (QED) is 0.301. The van der Waals surface area contributed by atoms with Gasteiger partial charge in [0.05, 0.1) is 22.1 Å². The summed E-state index contributed by atoms with van der Waals surface area (Å²) in [7, 11) is 0. The molecule has 1 heterocycles. The first-order valence-electron chi connectivity index (χ1n) is 10.2. The first kappa shape index (κ1) is 25.1. The predicted octanol–water partition coefficient (Wildman–Crippen LogP) is 4.76. The Morgan fingerprint density at radius 1 is 1.18 bits per heavy atom. The fourth-order valence-electron chi connectivity index (χ4n) is 2.92. The lowest BCUT2D eigenvalue weighted by Crippen LogP contribution is -2.36. The van der Waals surface area contributed by atoms with Crippen molar-refractivity contribution in [3.63, 3.8) is 0 Å². The van der Waals surface area contributed by atoms with Crippen LogP contribution in [0, 0.1) is 0 Å². The first-order chi connectivity index (χ1) is 16.3. The van der Waals surface area contributed by atoms with Gasteiger partial charge in [0.15, 0.2) is 0 Å². The number of esters is 1. The summed E-state index contributed by atoms with van der Waals surface area (Å²) in [5, 5.41) is 2.18. The molecule has 0 aliphatic carbocycles. The lowest BCUT2D eigenvalue weighted by atomic mass is 10.2. The molecule has 0 atom stereocenters. The average molecular weight is 501 g/mol. The number of imide groups is 1. The molecule has 2 aromatic carbocycles. The highest BCUT2D eigenvalue weighted by molar-refractivity contribution is 8.18. The molecular formula is C24H21ClN2O6S. The van der Waals surface area contributed by atoms with Gasteiger partial charge in [-0.3, -0.25) is 19.3 Å². The molecule has 1 fully saturated rings. The third kappa shape index (κ3) is 6.27. The van der Waals surface area contributed by atoms with Gasteiger partial charge in [0, 0.05) is 5.69 Å². The number of carbonyl (C=O) groups excluding carboxylic acids is 4. The van der Waals surface area contributed by atoms with E-state index in [-0.39, 0.29) is 27.8 Å². The van der Waals surface area contributed by atoms with E-state index in [1.54, 1.807) is 43.3 Å². The van der Waals surface area contributed by atoms with Crippen LogP contribution in [0.5, 0.6) is 5.75 Å². The molecule has 3 amide bonds. The van der Waals surface area contributed by atoms with Crippen LogP contribution in [0.3, 0.4) is 0 Å². The Hall–Kier alpha value is -3.56. The lowest BCUT2D eigenvalue weighted by molar-refractivity contribution is -0.127. The zero-order valence-corrected chi connectivity index (χ0v) is 19.8. The predicted molar refractivity (Wildman–Crippen MR) is 131 cm³/mol. The van der Waals surface area contributed by atoms with Gasteiger partial charge in [-0.2, -0.15) is 0 Å². The average Bonchev–Trinajstić information content (AvgIpc) is 3.07. The molecule has 1 N–H and O–H groups in total. The minimum Gasteiger partial charge on any atom is -0.490 e. The van der Waals surface area contributed by atoms with E-state index in [1.807, 2.05) is 0 Å². The zero-order valence-electron chi connectivity index (χ0n) is 18.2. The van der Waals surface area contributed by atoms with Crippen LogP contribution in [0.15, 0.2) is 60.0 Å². The van der Waals surface area contributed by atoms with E-state index < -0.39 is 29.6 Å². The molecule has 8 nitrogen and oxygen atoms in total. The molecule has 1 aliphatic heterocycles. The summed E-state index contributed by atoms with van der Waals surface area (Å²) in [4.78, 5) is 50.6. The first-order valence-corrected chi connectivity index (χ1v) is 11.4. The molecule has 0 bridgehead atoms. The largest absolute Gasteiger partial charge is 0.490 e. The number of ether oxygens (including phenoxy) is 2. The number of hydrogen-bond acceptors (Lipinski definition) is 7. The fraction of sp³-hybridized carbons (Fsp3) is 0.167. The molecule has 0 saturated carbocycles. The molecule has 0 unspecified atom stereocenters. The Morgan fingerprint density at radius 2 is 1.91 bits per heavy atom. The highest BCUT2D eigenvalue weighted by Gasteiger charge is 2.36. The maximum absolute atomic E-state index is 12.7. The zero-order chi connectivity index (χ0) is 24.7. The lowest BCUT2D eigenvalue weighted by Gasteiger charge is -2.13. The van der Waals surface area contributed by atoms with E-state index in [4.69, 9.17) is 21.1 Å². The van der Waals surface area contributed by atoms with Crippen LogP contribution in [-0.4, -0.2) is 47.7 Å². The Morgan fingerprint density at radius 3 is 2.59 bits per heavy atom. The molecule has 34 heavy (non-hydrogen) atoms. The van der Waals surface area contributed by atoms with Crippen molar-refractivity contribution in [3.8, 4) is 5.75 Å². The van der Waals surface area contributed by atoms with Crippen molar-refractivity contribution in [3.05, 3.63) is 76.2 Å². The number of rotatable bonds is 9. The van der Waals surface area contributed by atoms with Crippen molar-refractivity contribution in [1.29, 1.82) is 0 Å². The summed E-state index contributed by atoms with van der Waals surface area (Å²) in [5.74, 6) is -1.15. The maximum Gasteiger partial charge on any atom is 0.339 e. The number of anilines is 1. The number of hydrogen-bond donors (Lipinski definition) is 1. The Bertz CT molecular complexity index is 1160. The van der Waals surface area contributed by atoms with E-state index in [0.717, 1.165) is 16.7 Å². The third-order valence-corrected chi connectivity index (χ3v) is 5.70. The number of nitrogens with zero attached hydrogens (tertiary/aromatic N) is 1. The van der Waals surface area contributed by atoms with Gasteiger partial charge < -0.3 is 14.8 Å². The SMILES string of the molecule is C=CCOc1ccc(/C=C2/SC(=O)N(CC(=O)Nc3ccc(Cl)c(C(=O)OCC)c3)C2=O)cc1. The van der Waals surface area contributed by atoms with E-state index >= 15 is 0 Å². The van der Waals surface area contributed by atoms with Gasteiger partial charge in [0.2, 0.25) is 5.91 Å². The topological polar surface area (TPSA) is 102 Å². The highest BCUT2D eigenvalue weighted by atomic mass is 35.5. The number of thioether (sulfide) groups is 1. The number of nitrogens with one attached hydrogen (secondary N) is 1. The second-order valence-corrected chi connectivity index (χ2v) is 8.30. The fourth-order valence-corrected chi connectivity index (χ4v) is 3.95. The maximum atomic E-state index is 12.7. The van der Waals surface area contributed by atoms with Crippen molar-refractivity contribution < 1.29 is 28.7 Å². The number of halogens is 1. The van der Waals surface area contributed by atoms with Crippen LogP contribution in [-0.2, 0) is 14.3 Å². The molecule has 1 aliphatic rings. The van der Waals surface area contributed by atoms with Crippen molar-refractivity contribution in [2.75, 3.05) is 25.1 Å². The van der Waals surface area contributed by atoms with Gasteiger partial charge in [-0.25, -0.2) is 4.79 Å². The second-order valence-electron chi connectivity index (χ2n) is 6.90. The summed E-state index contributed by atoms with van der Waals surface area (Å²) in [6.07, 6.45) is 3.21. The van der Waals surface area contributed by atoms with Gasteiger partial charge in [-0.1, -0.05) is 36.4 Å². The molecule has 0 aromatic heterocycles. The third-order valence-electron chi connectivity index (χ3n) is 4.47. The standard InChI is InChI=1S/C24H21ClN2O6S/c1-3-11-33-17-8-5-15(6-9-17)12-20-22(29)27(24(31)34-20)14-21(28)26-16-7-10-19(25)18(13-16)23(30)32-4-2/h3,5-10,12-13H,1,4,11,14H2,2H3,(H,26,28)/b20-12+. The van der Waals surface area contributed by atoms with Crippen molar-refractivity contribution in [2.45, 2.75) is 6.92 Å². The summed E-state index contributed by atoms with van der Waals surface area (Å²) >= 11 is 6.77. The van der Waals surface area contributed by atoms with Gasteiger partial charge in [-0.05, 0) is 60.7 Å². The van der Waals surface area contributed by atoms with Crippen molar-refractivity contribution >= 4 is 58.1 Å². The molecule has 3 rings (SSSR count). The van der Waals surface area contributed by atoms with Crippen molar-refractivity contribution in [2.24, 2.45) is 0 Å². The molecule has 176 valence electrons. The Kier molecular flexibility index (Phi) is 8.50. The van der Waals surface area contributed by atoms with Crippen LogP contribution in [0.25, 0.3) is 6.08 Å². The minimum atomic E-state index is -0.625. The van der Waals surface area contributed by atoms with Gasteiger partial charge in [0.1, 0.15) is 18.9 Å². The van der Waals surface area contributed by atoms with E-state index in [1.165, 1.54) is 18.2 Å². The number of amides is 3. The Labute approximate surface area is 205 Å². The van der Waals surface area contributed by atoms with Gasteiger partial charge in [0.25, 0.3) is 11.1 Å². The van der Waals surface area contributed by atoms with Crippen LogP contribution in [0.4, 0.5) is 10.5 Å². The Balaban J connectivity index is 1.65. The smallest absolute Gasteiger partial charge is 0.339 e. The molecule has 0 radical (unpaired) electrons. The van der Waals surface area contributed by atoms with Crippen molar-refractivity contribution in [1.82, 2.24) is 4.90 Å². The van der Waals surface area contributed by atoms with Gasteiger partial charge >= 0.3 is 5.97 Å². The number of benzene rings is 2. The van der Waals surface area contributed by atoms with E-state index in [0.29, 0.717) is 17.9 Å². The second kappa shape index (κ2) is 11.5. The van der Waals surface area contributed by atoms with Crippen LogP contribution in [0.2, 0.25) is 5.02 Å². The molecule has 10 heteroatoms. The van der Waals surface area contributed by atoms with Crippen LogP contribution in [0.1, 0.15) is 22.8 Å². The summed E-state index contributed by atoms with van der Waals surface area (Å²) in [6.45, 7) is 5.32. The van der Waals surface area contributed by atoms with Gasteiger partial charge in [-0.15, -0.1) is 0 Å². The molecule has 0 spiro atoms.